The van der Waals surface area contributed by atoms with E-state index in [0.29, 0.717) is 18.5 Å². The van der Waals surface area contributed by atoms with Gasteiger partial charge in [-0.3, -0.25) is 9.59 Å². The third-order valence-electron chi connectivity index (χ3n) is 5.32. The molecule has 3 rings (SSSR count). The van der Waals surface area contributed by atoms with E-state index in [1.54, 1.807) is 0 Å². The molecule has 3 aliphatic rings. The van der Waals surface area contributed by atoms with Crippen molar-refractivity contribution in [3.05, 3.63) is 0 Å². The van der Waals surface area contributed by atoms with E-state index < -0.39 is 0 Å². The Balaban J connectivity index is 1.77. The van der Waals surface area contributed by atoms with Crippen molar-refractivity contribution in [2.45, 2.75) is 70.0 Å². The summed E-state index contributed by atoms with van der Waals surface area (Å²) in [4.78, 5) is 29.2. The van der Waals surface area contributed by atoms with E-state index in [1.807, 2.05) is 11.8 Å². The van der Waals surface area contributed by atoms with Crippen molar-refractivity contribution in [3.63, 3.8) is 0 Å². The molecule has 5 nitrogen and oxygen atoms in total. The first kappa shape index (κ1) is 14.8. The molecule has 3 atom stereocenters. The molecule has 0 spiro atoms. The van der Waals surface area contributed by atoms with Gasteiger partial charge in [0, 0.05) is 31.6 Å². The maximum atomic E-state index is 13.1. The standard InChI is InChI=1S/C16H27N3O2/c1-2-15(20)18-10-4-3-5-14(18)16(21)19-12-6-7-13(19)11-17-9-8-12/h12-14,17H,2-11H2,1H3. The summed E-state index contributed by atoms with van der Waals surface area (Å²) in [7, 11) is 0. The average molecular weight is 293 g/mol. The molecule has 0 aliphatic carbocycles. The number of carbonyl (C=O) groups excluding carboxylic acids is 2. The Labute approximate surface area is 127 Å². The van der Waals surface area contributed by atoms with Gasteiger partial charge in [0.15, 0.2) is 0 Å². The molecule has 0 saturated carbocycles. The average Bonchev–Trinajstić information content (AvgIpc) is 2.78. The Hall–Kier alpha value is -1.10. The Kier molecular flexibility index (Phi) is 4.48. The van der Waals surface area contributed by atoms with Gasteiger partial charge in [-0.25, -0.2) is 0 Å². The monoisotopic (exact) mass is 293 g/mol. The smallest absolute Gasteiger partial charge is 0.245 e. The van der Waals surface area contributed by atoms with Crippen LogP contribution in [0.4, 0.5) is 0 Å². The minimum atomic E-state index is -0.201. The predicted molar refractivity (Wildman–Crippen MR) is 80.8 cm³/mol. The molecule has 2 bridgehead atoms. The first-order valence-electron chi connectivity index (χ1n) is 8.54. The zero-order valence-electron chi connectivity index (χ0n) is 13.0. The topological polar surface area (TPSA) is 52.7 Å². The molecule has 0 aromatic rings. The molecule has 0 radical (unpaired) electrons. The molecule has 0 aromatic carbocycles. The van der Waals surface area contributed by atoms with Crippen LogP contribution in [0.15, 0.2) is 0 Å². The Morgan fingerprint density at radius 1 is 1.10 bits per heavy atom. The van der Waals surface area contributed by atoms with Crippen LogP contribution in [0.1, 0.15) is 51.9 Å². The van der Waals surface area contributed by atoms with Crippen molar-refractivity contribution < 1.29 is 9.59 Å². The third kappa shape index (κ3) is 2.80. The first-order chi connectivity index (χ1) is 10.2. The van der Waals surface area contributed by atoms with Crippen molar-refractivity contribution in [2.24, 2.45) is 0 Å². The van der Waals surface area contributed by atoms with Gasteiger partial charge >= 0.3 is 0 Å². The van der Waals surface area contributed by atoms with Crippen molar-refractivity contribution in [1.82, 2.24) is 15.1 Å². The van der Waals surface area contributed by atoms with Gasteiger partial charge in [-0.05, 0) is 45.1 Å². The van der Waals surface area contributed by atoms with Crippen LogP contribution in [0.25, 0.3) is 0 Å². The van der Waals surface area contributed by atoms with Crippen LogP contribution >= 0.6 is 0 Å². The second-order valence-electron chi connectivity index (χ2n) is 6.58. The fourth-order valence-corrected chi connectivity index (χ4v) is 4.20. The van der Waals surface area contributed by atoms with Crippen molar-refractivity contribution in [1.29, 1.82) is 0 Å². The quantitative estimate of drug-likeness (QED) is 0.830. The van der Waals surface area contributed by atoms with Gasteiger partial charge in [-0.1, -0.05) is 6.92 Å². The molecule has 3 heterocycles. The summed E-state index contributed by atoms with van der Waals surface area (Å²) in [5.41, 5.74) is 0. The van der Waals surface area contributed by atoms with Crippen LogP contribution in [-0.4, -0.2) is 59.4 Å². The molecule has 21 heavy (non-hydrogen) atoms. The number of nitrogens with zero attached hydrogens (tertiary/aromatic N) is 2. The molecular weight excluding hydrogens is 266 g/mol. The van der Waals surface area contributed by atoms with Gasteiger partial charge in [0.1, 0.15) is 6.04 Å². The Morgan fingerprint density at radius 3 is 2.71 bits per heavy atom. The van der Waals surface area contributed by atoms with Gasteiger partial charge in [-0.2, -0.15) is 0 Å². The molecule has 0 aromatic heterocycles. The van der Waals surface area contributed by atoms with Gasteiger partial charge in [0.25, 0.3) is 0 Å². The summed E-state index contributed by atoms with van der Waals surface area (Å²) in [5, 5.41) is 3.44. The van der Waals surface area contributed by atoms with E-state index in [9.17, 15) is 9.59 Å². The molecule has 3 unspecified atom stereocenters. The van der Waals surface area contributed by atoms with Gasteiger partial charge in [0.05, 0.1) is 0 Å². The SMILES string of the molecule is CCC(=O)N1CCCCC1C(=O)N1C2CCNCC1CC2. The summed E-state index contributed by atoms with van der Waals surface area (Å²) in [5.74, 6) is 0.348. The van der Waals surface area contributed by atoms with E-state index in [0.717, 1.165) is 58.2 Å². The molecule has 3 fully saturated rings. The summed E-state index contributed by atoms with van der Waals surface area (Å²) in [6.45, 7) is 4.56. The van der Waals surface area contributed by atoms with Gasteiger partial charge < -0.3 is 15.1 Å². The molecule has 3 saturated heterocycles. The molecule has 2 amide bonds. The highest BCUT2D eigenvalue weighted by Gasteiger charge is 2.43. The van der Waals surface area contributed by atoms with Crippen LogP contribution in [0.5, 0.6) is 0 Å². The minimum absolute atomic E-state index is 0.133. The van der Waals surface area contributed by atoms with E-state index in [2.05, 4.69) is 10.2 Å². The fourth-order valence-electron chi connectivity index (χ4n) is 4.20. The van der Waals surface area contributed by atoms with Crippen LogP contribution in [0.3, 0.4) is 0 Å². The van der Waals surface area contributed by atoms with Crippen LogP contribution in [0, 0.1) is 0 Å². The Bertz CT molecular complexity index is 398. The molecule has 118 valence electrons. The number of hydrogen-bond acceptors (Lipinski definition) is 3. The lowest BCUT2D eigenvalue weighted by atomic mass is 9.99. The second-order valence-corrected chi connectivity index (χ2v) is 6.58. The number of rotatable bonds is 2. The van der Waals surface area contributed by atoms with Crippen molar-refractivity contribution in [3.8, 4) is 0 Å². The number of amides is 2. The maximum absolute atomic E-state index is 13.1. The zero-order chi connectivity index (χ0) is 14.8. The number of piperidine rings is 1. The normalized spacial score (nSPS) is 32.9. The predicted octanol–water partition coefficient (Wildman–Crippen LogP) is 1.13. The van der Waals surface area contributed by atoms with Crippen LogP contribution in [-0.2, 0) is 9.59 Å². The number of hydrogen-bond donors (Lipinski definition) is 1. The largest absolute Gasteiger partial charge is 0.334 e. The second kappa shape index (κ2) is 6.34. The number of likely N-dealkylation sites (tertiary alicyclic amines) is 1. The van der Waals surface area contributed by atoms with Crippen molar-refractivity contribution in [2.75, 3.05) is 19.6 Å². The van der Waals surface area contributed by atoms with Gasteiger partial charge in [0.2, 0.25) is 11.8 Å². The maximum Gasteiger partial charge on any atom is 0.245 e. The summed E-state index contributed by atoms with van der Waals surface area (Å²) < 4.78 is 0. The van der Waals surface area contributed by atoms with Crippen LogP contribution in [0.2, 0.25) is 0 Å². The number of nitrogens with one attached hydrogen (secondary N) is 1. The lowest BCUT2D eigenvalue weighted by molar-refractivity contribution is -0.149. The summed E-state index contributed by atoms with van der Waals surface area (Å²) in [6, 6.07) is 0.524. The highest BCUT2D eigenvalue weighted by atomic mass is 16.2. The van der Waals surface area contributed by atoms with E-state index in [1.165, 1.54) is 0 Å². The van der Waals surface area contributed by atoms with Gasteiger partial charge in [-0.15, -0.1) is 0 Å². The van der Waals surface area contributed by atoms with Crippen molar-refractivity contribution >= 4 is 11.8 Å². The fraction of sp³-hybridized carbons (Fsp3) is 0.875. The molecular formula is C16H27N3O2. The molecule has 3 aliphatic heterocycles. The summed E-state index contributed by atoms with van der Waals surface area (Å²) in [6.07, 6.45) is 6.72. The third-order valence-corrected chi connectivity index (χ3v) is 5.32. The lowest BCUT2D eigenvalue weighted by Gasteiger charge is -2.39. The molecule has 5 heteroatoms. The highest BCUT2D eigenvalue weighted by molar-refractivity contribution is 5.88. The zero-order valence-corrected chi connectivity index (χ0v) is 13.0. The number of fused-ring (bicyclic) bond motifs is 2. The Morgan fingerprint density at radius 2 is 1.90 bits per heavy atom. The highest BCUT2D eigenvalue weighted by Crippen LogP contribution is 2.31. The van der Waals surface area contributed by atoms with E-state index in [4.69, 9.17) is 0 Å². The van der Waals surface area contributed by atoms with Crippen LogP contribution < -0.4 is 5.32 Å². The lowest BCUT2D eigenvalue weighted by Crippen LogP contribution is -2.55. The minimum Gasteiger partial charge on any atom is -0.334 e. The molecule has 1 N–H and O–H groups in total. The first-order valence-corrected chi connectivity index (χ1v) is 8.54. The van der Waals surface area contributed by atoms with E-state index in [-0.39, 0.29) is 17.9 Å². The van der Waals surface area contributed by atoms with E-state index >= 15 is 0 Å². The summed E-state index contributed by atoms with van der Waals surface area (Å²) >= 11 is 0. The number of carbonyl (C=O) groups is 2.